The second-order valence-electron chi connectivity index (χ2n) is 5.73. The first-order valence-electron chi connectivity index (χ1n) is 8.30. The molecule has 0 aromatic carbocycles. The van der Waals surface area contributed by atoms with E-state index in [-0.39, 0.29) is 24.6 Å². The van der Waals surface area contributed by atoms with Crippen molar-refractivity contribution in [3.05, 3.63) is 21.9 Å². The molecule has 1 rings (SSSR count). The number of nitriles is 1. The second-order valence-corrected chi connectivity index (χ2v) is 7.31. The number of halogens is 1. The summed E-state index contributed by atoms with van der Waals surface area (Å²) < 4.78 is 16.1. The van der Waals surface area contributed by atoms with Crippen LogP contribution in [0.2, 0.25) is 0 Å². The summed E-state index contributed by atoms with van der Waals surface area (Å²) in [5.41, 5.74) is 0. The lowest BCUT2D eigenvalue weighted by Gasteiger charge is -2.24. The Morgan fingerprint density at radius 1 is 1.32 bits per heavy atom. The number of methoxy groups -OCH3 is 2. The van der Waals surface area contributed by atoms with Crippen LogP contribution in [-0.2, 0) is 25.4 Å². The van der Waals surface area contributed by atoms with Crippen molar-refractivity contribution >= 4 is 28.9 Å². The van der Waals surface area contributed by atoms with Gasteiger partial charge in [0.2, 0.25) is 0 Å². The molecule has 1 aromatic heterocycles. The molecule has 0 N–H and O–H groups in total. The number of esters is 1. The Hall–Kier alpha value is -1.13. The highest BCUT2D eigenvalue weighted by Gasteiger charge is 2.22. The fourth-order valence-corrected chi connectivity index (χ4v) is 3.96. The summed E-state index contributed by atoms with van der Waals surface area (Å²) in [6, 6.07) is 6.03. The van der Waals surface area contributed by atoms with E-state index in [0.717, 1.165) is 30.6 Å². The molecule has 25 heavy (non-hydrogen) atoms. The zero-order valence-corrected chi connectivity index (χ0v) is 16.6. The Balaban J connectivity index is 2.70. The average Bonchev–Trinajstić information content (AvgIpc) is 3.05. The summed E-state index contributed by atoms with van der Waals surface area (Å²) in [6.07, 6.45) is 3.09. The molecular formula is C18H26ClNO4S. The smallest absolute Gasteiger partial charge is 0.303 e. The summed E-state index contributed by atoms with van der Waals surface area (Å²) >= 11 is 7.40. The number of ether oxygens (including phenoxy) is 3. The quantitative estimate of drug-likeness (QED) is 0.301. The highest BCUT2D eigenvalue weighted by molar-refractivity contribution is 7.12. The Morgan fingerprint density at radius 2 is 2.04 bits per heavy atom. The maximum absolute atomic E-state index is 11.2. The van der Waals surface area contributed by atoms with Gasteiger partial charge in [-0.3, -0.25) is 4.79 Å². The van der Waals surface area contributed by atoms with Crippen molar-refractivity contribution in [3.8, 4) is 6.07 Å². The second kappa shape index (κ2) is 12.3. The number of thiophene rings is 1. The third kappa shape index (κ3) is 7.74. The molecule has 0 aliphatic heterocycles. The van der Waals surface area contributed by atoms with Gasteiger partial charge >= 0.3 is 5.97 Å². The van der Waals surface area contributed by atoms with Crippen LogP contribution in [0.3, 0.4) is 0 Å². The molecule has 2 atom stereocenters. The summed E-state index contributed by atoms with van der Waals surface area (Å²) in [4.78, 5) is 13.3. The standard InChI is InChI=1S/C18H26ClNO4S/c1-13(21)24-16(10-12-20)17-9-8-15(25-17)7-6-14(5-4-11-19)18(22-2)23-3/h8-9,14,16,18H,4-7,10-11H2,1-3H3. The minimum absolute atomic E-state index is 0.160. The molecule has 0 saturated carbocycles. The Kier molecular flexibility index (Phi) is 10.7. The van der Waals surface area contributed by atoms with Crippen molar-refractivity contribution in [1.82, 2.24) is 0 Å². The van der Waals surface area contributed by atoms with Gasteiger partial charge in [0.15, 0.2) is 6.29 Å². The van der Waals surface area contributed by atoms with Crippen LogP contribution >= 0.6 is 22.9 Å². The van der Waals surface area contributed by atoms with Crippen molar-refractivity contribution in [2.45, 2.75) is 51.4 Å². The minimum atomic E-state index is -0.487. The van der Waals surface area contributed by atoms with Crippen molar-refractivity contribution in [2.75, 3.05) is 20.1 Å². The first kappa shape index (κ1) is 21.9. The molecule has 7 heteroatoms. The van der Waals surface area contributed by atoms with Gasteiger partial charge in [0.05, 0.1) is 12.5 Å². The maximum Gasteiger partial charge on any atom is 0.303 e. The number of hydrogen-bond donors (Lipinski definition) is 0. The van der Waals surface area contributed by atoms with E-state index in [0.29, 0.717) is 5.88 Å². The molecule has 1 heterocycles. The largest absolute Gasteiger partial charge is 0.456 e. The van der Waals surface area contributed by atoms with Crippen LogP contribution in [-0.4, -0.2) is 32.4 Å². The topological polar surface area (TPSA) is 68.6 Å². The molecular weight excluding hydrogens is 362 g/mol. The van der Waals surface area contributed by atoms with Crippen LogP contribution in [0.5, 0.6) is 0 Å². The molecule has 0 aliphatic rings. The van der Waals surface area contributed by atoms with Gasteiger partial charge in [-0.05, 0) is 37.8 Å². The monoisotopic (exact) mass is 387 g/mol. The molecule has 2 unspecified atom stereocenters. The predicted octanol–water partition coefficient (Wildman–Crippen LogP) is 4.45. The number of hydrogen-bond acceptors (Lipinski definition) is 6. The maximum atomic E-state index is 11.2. The van der Waals surface area contributed by atoms with E-state index in [2.05, 4.69) is 6.07 Å². The summed E-state index contributed by atoms with van der Waals surface area (Å²) in [5.74, 6) is 0.514. The number of rotatable bonds is 12. The van der Waals surface area contributed by atoms with E-state index in [4.69, 9.17) is 31.1 Å². The van der Waals surface area contributed by atoms with Gasteiger partial charge in [0.1, 0.15) is 6.10 Å². The number of nitrogens with zero attached hydrogens (tertiary/aromatic N) is 1. The van der Waals surface area contributed by atoms with Crippen LogP contribution in [0.4, 0.5) is 0 Å². The van der Waals surface area contributed by atoms with Crippen LogP contribution in [0.25, 0.3) is 0 Å². The van der Waals surface area contributed by atoms with Gasteiger partial charge < -0.3 is 14.2 Å². The summed E-state index contributed by atoms with van der Waals surface area (Å²) in [5, 5.41) is 8.92. The molecule has 0 radical (unpaired) electrons. The third-order valence-corrected chi connectivity index (χ3v) is 5.41. The minimum Gasteiger partial charge on any atom is -0.456 e. The van der Waals surface area contributed by atoms with Gasteiger partial charge in [0, 0.05) is 42.7 Å². The predicted molar refractivity (Wildman–Crippen MR) is 98.6 cm³/mol. The van der Waals surface area contributed by atoms with E-state index in [1.54, 1.807) is 25.6 Å². The normalized spacial score (nSPS) is 13.4. The zero-order chi connectivity index (χ0) is 18.7. The molecule has 0 aliphatic carbocycles. The van der Waals surface area contributed by atoms with E-state index in [1.807, 2.05) is 12.1 Å². The van der Waals surface area contributed by atoms with Crippen molar-refractivity contribution in [2.24, 2.45) is 5.92 Å². The van der Waals surface area contributed by atoms with E-state index in [1.165, 1.54) is 11.8 Å². The fraction of sp³-hybridized carbons (Fsp3) is 0.667. The van der Waals surface area contributed by atoms with Crippen LogP contribution in [0, 0.1) is 17.2 Å². The van der Waals surface area contributed by atoms with E-state index >= 15 is 0 Å². The van der Waals surface area contributed by atoms with Gasteiger partial charge in [-0.15, -0.1) is 22.9 Å². The van der Waals surface area contributed by atoms with Gasteiger partial charge in [0.25, 0.3) is 0 Å². The van der Waals surface area contributed by atoms with Gasteiger partial charge in [-0.25, -0.2) is 0 Å². The number of carbonyl (C=O) groups excluding carboxylic acids is 1. The summed E-state index contributed by atoms with van der Waals surface area (Å²) in [6.45, 7) is 1.36. The molecule has 1 aromatic rings. The van der Waals surface area contributed by atoms with Crippen LogP contribution in [0.15, 0.2) is 12.1 Å². The van der Waals surface area contributed by atoms with Gasteiger partial charge in [-0.1, -0.05) is 0 Å². The van der Waals surface area contributed by atoms with Crippen molar-refractivity contribution < 1.29 is 19.0 Å². The lowest BCUT2D eigenvalue weighted by Crippen LogP contribution is -2.25. The zero-order valence-electron chi connectivity index (χ0n) is 15.0. The number of aryl methyl sites for hydroxylation is 1. The molecule has 140 valence electrons. The molecule has 0 spiro atoms. The van der Waals surface area contributed by atoms with E-state index in [9.17, 15) is 4.79 Å². The fourth-order valence-electron chi connectivity index (χ4n) is 2.75. The molecule has 0 amide bonds. The van der Waals surface area contributed by atoms with Crippen LogP contribution < -0.4 is 0 Å². The Bertz CT molecular complexity index is 554. The highest BCUT2D eigenvalue weighted by atomic mass is 35.5. The number of alkyl halides is 1. The number of carbonyl (C=O) groups is 1. The lowest BCUT2D eigenvalue weighted by molar-refractivity contribution is -0.146. The Morgan fingerprint density at radius 3 is 2.60 bits per heavy atom. The molecule has 5 nitrogen and oxygen atoms in total. The van der Waals surface area contributed by atoms with Crippen molar-refractivity contribution in [1.29, 1.82) is 5.26 Å². The molecule has 0 bridgehead atoms. The average molecular weight is 388 g/mol. The molecule has 0 fully saturated rings. The summed E-state index contributed by atoms with van der Waals surface area (Å²) in [7, 11) is 3.30. The SMILES string of the molecule is COC(OC)C(CCCCl)CCc1ccc(C(CC#N)OC(C)=O)s1. The van der Waals surface area contributed by atoms with Crippen molar-refractivity contribution in [3.63, 3.8) is 0 Å². The van der Waals surface area contributed by atoms with Crippen LogP contribution in [0.1, 0.15) is 48.5 Å². The lowest BCUT2D eigenvalue weighted by atomic mass is 9.96. The Labute approximate surface area is 158 Å². The highest BCUT2D eigenvalue weighted by Crippen LogP contribution is 2.30. The third-order valence-electron chi connectivity index (χ3n) is 3.90. The van der Waals surface area contributed by atoms with Gasteiger partial charge in [-0.2, -0.15) is 5.26 Å². The molecule has 0 saturated heterocycles. The van der Waals surface area contributed by atoms with E-state index < -0.39 is 6.10 Å². The first-order chi connectivity index (χ1) is 12.0. The first-order valence-corrected chi connectivity index (χ1v) is 9.65.